The first-order valence-corrected chi connectivity index (χ1v) is 11.3. The molecule has 0 aliphatic carbocycles. The zero-order valence-electron chi connectivity index (χ0n) is 18.1. The minimum atomic E-state index is -0.126. The molecule has 0 radical (unpaired) electrons. The Bertz CT molecular complexity index is 1110. The Morgan fingerprint density at radius 1 is 1.06 bits per heavy atom. The normalized spacial score (nSPS) is 14.6. The van der Waals surface area contributed by atoms with Gasteiger partial charge >= 0.3 is 0 Å². The summed E-state index contributed by atoms with van der Waals surface area (Å²) in [7, 11) is 0. The number of halogens is 2. The molecule has 1 aromatic heterocycles. The Morgan fingerprint density at radius 3 is 2.56 bits per heavy atom. The summed E-state index contributed by atoms with van der Waals surface area (Å²) in [5.41, 5.74) is 3.23. The molecular weight excluding hydrogens is 449 g/mol. The van der Waals surface area contributed by atoms with Crippen molar-refractivity contribution >= 4 is 29.1 Å². The first kappa shape index (κ1) is 22.6. The van der Waals surface area contributed by atoms with Gasteiger partial charge in [0.1, 0.15) is 18.1 Å². The lowest BCUT2D eigenvalue weighted by molar-refractivity contribution is 0.0616. The Labute approximate surface area is 197 Å². The van der Waals surface area contributed by atoms with E-state index in [0.29, 0.717) is 40.2 Å². The largest absolute Gasteiger partial charge is 0.489 e. The zero-order valence-corrected chi connectivity index (χ0v) is 19.6. The van der Waals surface area contributed by atoms with Crippen LogP contribution in [0.3, 0.4) is 0 Å². The molecule has 1 amide bonds. The minimum Gasteiger partial charge on any atom is -0.489 e. The van der Waals surface area contributed by atoms with Crippen LogP contribution in [0.1, 0.15) is 32.9 Å². The van der Waals surface area contributed by atoms with Gasteiger partial charge < -0.3 is 14.2 Å². The maximum absolute atomic E-state index is 13.1. The molecule has 8 heteroatoms. The first-order chi connectivity index (χ1) is 15.4. The van der Waals surface area contributed by atoms with Crippen LogP contribution in [-0.4, -0.2) is 47.0 Å². The molecule has 0 unspecified atom stereocenters. The van der Waals surface area contributed by atoms with Gasteiger partial charge in [-0.3, -0.25) is 9.69 Å². The van der Waals surface area contributed by atoms with E-state index in [4.69, 9.17) is 32.5 Å². The number of rotatable bonds is 6. The van der Waals surface area contributed by atoms with Crippen molar-refractivity contribution in [2.75, 3.05) is 26.2 Å². The molecule has 32 heavy (non-hydrogen) atoms. The smallest absolute Gasteiger partial charge is 0.276 e. The lowest BCUT2D eigenvalue weighted by Gasteiger charge is -2.34. The van der Waals surface area contributed by atoms with Crippen LogP contribution in [0.5, 0.6) is 5.75 Å². The van der Waals surface area contributed by atoms with E-state index in [2.05, 4.69) is 10.1 Å². The fraction of sp³-hybridized carbons (Fsp3) is 0.333. The Balaban J connectivity index is 1.36. The van der Waals surface area contributed by atoms with Crippen LogP contribution in [0.2, 0.25) is 10.0 Å². The summed E-state index contributed by atoms with van der Waals surface area (Å²) in [5.74, 6) is 1.22. The highest BCUT2D eigenvalue weighted by Gasteiger charge is 2.28. The summed E-state index contributed by atoms with van der Waals surface area (Å²) in [6.07, 6.45) is 0. The number of aromatic nitrogens is 1. The summed E-state index contributed by atoms with van der Waals surface area (Å²) in [5, 5.41) is 5.15. The second-order valence-electron chi connectivity index (χ2n) is 7.99. The molecule has 0 spiro atoms. The van der Waals surface area contributed by atoms with Gasteiger partial charge in [0.25, 0.3) is 5.91 Å². The number of hydrogen-bond donors (Lipinski definition) is 0. The summed E-state index contributed by atoms with van der Waals surface area (Å²) in [4.78, 5) is 17.3. The second kappa shape index (κ2) is 9.94. The van der Waals surface area contributed by atoms with Crippen molar-refractivity contribution in [3.8, 4) is 5.75 Å². The molecular formula is C24H25Cl2N3O3. The Kier molecular flexibility index (Phi) is 7.04. The number of piperazine rings is 1. The predicted octanol–water partition coefficient (Wildman–Crippen LogP) is 5.14. The van der Waals surface area contributed by atoms with Gasteiger partial charge in [-0.15, -0.1) is 0 Å². The fourth-order valence-corrected chi connectivity index (χ4v) is 4.07. The van der Waals surface area contributed by atoms with Crippen LogP contribution in [0.25, 0.3) is 0 Å². The summed E-state index contributed by atoms with van der Waals surface area (Å²) >= 11 is 12.1. The Hall–Kier alpha value is -2.54. The van der Waals surface area contributed by atoms with E-state index >= 15 is 0 Å². The molecule has 1 aliphatic rings. The van der Waals surface area contributed by atoms with E-state index in [1.54, 1.807) is 6.92 Å². The van der Waals surface area contributed by atoms with Crippen molar-refractivity contribution in [2.45, 2.75) is 27.0 Å². The van der Waals surface area contributed by atoms with E-state index in [1.807, 2.05) is 54.3 Å². The summed E-state index contributed by atoms with van der Waals surface area (Å²) in [6.45, 7) is 7.56. The highest BCUT2D eigenvalue weighted by atomic mass is 35.5. The van der Waals surface area contributed by atoms with Crippen LogP contribution in [0.4, 0.5) is 0 Å². The number of ether oxygens (including phenoxy) is 1. The molecule has 3 aromatic rings. The van der Waals surface area contributed by atoms with Crippen molar-refractivity contribution in [1.82, 2.24) is 15.0 Å². The number of hydrogen-bond acceptors (Lipinski definition) is 5. The quantitative estimate of drug-likeness (QED) is 0.496. The van der Waals surface area contributed by atoms with Gasteiger partial charge in [0.2, 0.25) is 0 Å². The van der Waals surface area contributed by atoms with Crippen LogP contribution in [-0.2, 0) is 13.2 Å². The lowest BCUT2D eigenvalue weighted by atomic mass is 10.1. The molecule has 2 aromatic carbocycles. The monoisotopic (exact) mass is 473 g/mol. The highest BCUT2D eigenvalue weighted by Crippen LogP contribution is 2.24. The van der Waals surface area contributed by atoms with E-state index < -0.39 is 0 Å². The predicted molar refractivity (Wildman–Crippen MR) is 124 cm³/mol. The maximum Gasteiger partial charge on any atom is 0.276 e. The van der Waals surface area contributed by atoms with Gasteiger partial charge in [-0.1, -0.05) is 46.6 Å². The Morgan fingerprint density at radius 2 is 1.84 bits per heavy atom. The fourth-order valence-electron chi connectivity index (χ4n) is 3.74. The molecule has 1 fully saturated rings. The third-order valence-corrected chi connectivity index (χ3v) is 6.35. The number of nitrogens with zero attached hydrogens (tertiary/aromatic N) is 3. The van der Waals surface area contributed by atoms with Gasteiger partial charge in [-0.05, 0) is 49.2 Å². The average molecular weight is 474 g/mol. The van der Waals surface area contributed by atoms with Crippen molar-refractivity contribution in [3.05, 3.63) is 80.7 Å². The van der Waals surface area contributed by atoms with E-state index in [-0.39, 0.29) is 12.5 Å². The summed E-state index contributed by atoms with van der Waals surface area (Å²) < 4.78 is 11.2. The van der Waals surface area contributed by atoms with Gasteiger partial charge in [0.05, 0.1) is 15.6 Å². The highest BCUT2D eigenvalue weighted by molar-refractivity contribution is 6.42. The average Bonchev–Trinajstić information content (AvgIpc) is 3.15. The topological polar surface area (TPSA) is 58.8 Å². The maximum atomic E-state index is 13.1. The molecule has 0 N–H and O–H groups in total. The second-order valence-corrected chi connectivity index (χ2v) is 8.80. The van der Waals surface area contributed by atoms with E-state index in [9.17, 15) is 4.79 Å². The van der Waals surface area contributed by atoms with Gasteiger partial charge in [0, 0.05) is 32.7 Å². The van der Waals surface area contributed by atoms with Gasteiger partial charge in [-0.25, -0.2) is 0 Å². The number of amides is 1. The lowest BCUT2D eigenvalue weighted by Crippen LogP contribution is -2.48. The number of benzene rings is 2. The van der Waals surface area contributed by atoms with Crippen molar-refractivity contribution in [1.29, 1.82) is 0 Å². The molecule has 2 heterocycles. The van der Waals surface area contributed by atoms with Crippen molar-refractivity contribution < 1.29 is 14.1 Å². The molecule has 0 atom stereocenters. The van der Waals surface area contributed by atoms with Crippen LogP contribution >= 0.6 is 23.2 Å². The molecule has 1 saturated heterocycles. The number of aryl methyl sites for hydroxylation is 2. The standard InChI is InChI=1S/C24H25Cl2N3O3/c1-16-4-3-5-19(12-16)31-15-20-17(2)32-27-23(20)24(30)29-10-8-28(9-11-29)14-18-6-7-21(25)22(26)13-18/h3-7,12-13H,8-11,14-15H2,1-2H3. The molecule has 4 rings (SSSR count). The van der Waals surface area contributed by atoms with Crippen molar-refractivity contribution in [2.24, 2.45) is 0 Å². The first-order valence-electron chi connectivity index (χ1n) is 10.5. The van der Waals surface area contributed by atoms with Crippen LogP contribution in [0.15, 0.2) is 47.0 Å². The van der Waals surface area contributed by atoms with Gasteiger partial charge in [0.15, 0.2) is 5.69 Å². The third-order valence-electron chi connectivity index (χ3n) is 5.61. The molecule has 6 nitrogen and oxygen atoms in total. The molecule has 0 saturated carbocycles. The molecule has 1 aliphatic heterocycles. The molecule has 168 valence electrons. The summed E-state index contributed by atoms with van der Waals surface area (Å²) in [6, 6.07) is 13.5. The number of carbonyl (C=O) groups excluding carboxylic acids is 1. The molecule has 0 bridgehead atoms. The van der Waals surface area contributed by atoms with Crippen LogP contribution in [0, 0.1) is 13.8 Å². The SMILES string of the molecule is Cc1cccc(OCc2c(C(=O)N3CCN(Cc4ccc(Cl)c(Cl)c4)CC3)noc2C)c1. The zero-order chi connectivity index (χ0) is 22.7. The van der Waals surface area contributed by atoms with Crippen molar-refractivity contribution in [3.63, 3.8) is 0 Å². The third kappa shape index (κ3) is 5.26. The van der Waals surface area contributed by atoms with Crippen LogP contribution < -0.4 is 4.74 Å². The van der Waals surface area contributed by atoms with E-state index in [1.165, 1.54) is 0 Å². The minimum absolute atomic E-state index is 0.126. The van der Waals surface area contributed by atoms with E-state index in [0.717, 1.165) is 36.5 Å². The van der Waals surface area contributed by atoms with Gasteiger partial charge in [-0.2, -0.15) is 0 Å². The number of carbonyl (C=O) groups is 1.